The Hall–Kier alpha value is -3.35. The molecule has 6 nitrogen and oxygen atoms in total. The third kappa shape index (κ3) is 9.72. The number of nitrogens with one attached hydrogen (secondary N) is 1. The SMILES string of the molecule is CCCCCCCCCCCCCCNc1cc(F)ccc1-c1cc(=O)oc2cc(O[C@H](C)C(=O)O)ccc12. The van der Waals surface area contributed by atoms with E-state index in [-0.39, 0.29) is 17.1 Å². The van der Waals surface area contributed by atoms with Gasteiger partial charge in [0.1, 0.15) is 17.1 Å². The van der Waals surface area contributed by atoms with Gasteiger partial charge in [0.15, 0.2) is 6.10 Å². The number of hydrogen-bond acceptors (Lipinski definition) is 5. The van der Waals surface area contributed by atoms with Gasteiger partial charge in [0.05, 0.1) is 0 Å². The molecular weight excluding hydrogens is 497 g/mol. The van der Waals surface area contributed by atoms with E-state index in [9.17, 15) is 14.0 Å². The first kappa shape index (κ1) is 30.2. The minimum Gasteiger partial charge on any atom is -0.479 e. The second kappa shape index (κ2) is 15.9. The molecule has 0 saturated heterocycles. The molecule has 1 aromatic heterocycles. The molecule has 0 bridgehead atoms. The van der Waals surface area contributed by atoms with Crippen molar-refractivity contribution >= 4 is 22.6 Å². The van der Waals surface area contributed by atoms with Gasteiger partial charge in [-0.3, -0.25) is 0 Å². The number of halogens is 1. The highest BCUT2D eigenvalue weighted by Crippen LogP contribution is 2.35. The maximum atomic E-state index is 14.2. The summed E-state index contributed by atoms with van der Waals surface area (Å²) in [4.78, 5) is 23.5. The monoisotopic (exact) mass is 539 g/mol. The van der Waals surface area contributed by atoms with Crippen molar-refractivity contribution < 1.29 is 23.4 Å². The van der Waals surface area contributed by atoms with Crippen molar-refractivity contribution in [3.63, 3.8) is 0 Å². The molecular formula is C32H42FNO5. The zero-order chi connectivity index (χ0) is 28.0. The summed E-state index contributed by atoms with van der Waals surface area (Å²) < 4.78 is 25.0. The molecule has 39 heavy (non-hydrogen) atoms. The van der Waals surface area contributed by atoms with Crippen LogP contribution in [0.1, 0.15) is 90.9 Å². The maximum absolute atomic E-state index is 14.2. The number of carbonyl (C=O) groups is 1. The minimum absolute atomic E-state index is 0.267. The molecule has 2 aromatic carbocycles. The van der Waals surface area contributed by atoms with Gasteiger partial charge in [-0.05, 0) is 43.7 Å². The van der Waals surface area contributed by atoms with E-state index in [2.05, 4.69) is 12.2 Å². The van der Waals surface area contributed by atoms with E-state index in [1.807, 2.05) is 0 Å². The Morgan fingerprint density at radius 3 is 2.18 bits per heavy atom. The van der Waals surface area contributed by atoms with Crippen molar-refractivity contribution in [2.45, 2.75) is 97.0 Å². The van der Waals surface area contributed by atoms with Crippen molar-refractivity contribution in [2.75, 3.05) is 11.9 Å². The van der Waals surface area contributed by atoms with Crippen LogP contribution in [0, 0.1) is 5.82 Å². The summed E-state index contributed by atoms with van der Waals surface area (Å²) in [6, 6.07) is 10.7. The Labute approximate surface area is 230 Å². The highest BCUT2D eigenvalue weighted by atomic mass is 19.1. The Balaban J connectivity index is 1.57. The lowest BCUT2D eigenvalue weighted by Gasteiger charge is -2.15. The second-order valence-electron chi connectivity index (χ2n) is 10.2. The first-order chi connectivity index (χ1) is 18.9. The van der Waals surface area contributed by atoms with Crippen LogP contribution in [0.2, 0.25) is 0 Å². The summed E-state index contributed by atoms with van der Waals surface area (Å²) in [6.07, 6.45) is 14.2. The first-order valence-corrected chi connectivity index (χ1v) is 14.4. The third-order valence-corrected chi connectivity index (χ3v) is 6.99. The van der Waals surface area contributed by atoms with Crippen LogP contribution in [0.25, 0.3) is 22.1 Å². The summed E-state index contributed by atoms with van der Waals surface area (Å²) in [7, 11) is 0. The molecule has 3 rings (SSSR count). The molecule has 0 amide bonds. The molecule has 7 heteroatoms. The molecule has 0 aliphatic carbocycles. The second-order valence-corrected chi connectivity index (χ2v) is 10.2. The van der Waals surface area contributed by atoms with Gasteiger partial charge >= 0.3 is 11.6 Å². The first-order valence-electron chi connectivity index (χ1n) is 14.4. The lowest BCUT2D eigenvalue weighted by molar-refractivity contribution is -0.144. The zero-order valence-corrected chi connectivity index (χ0v) is 23.3. The fourth-order valence-corrected chi connectivity index (χ4v) is 4.78. The van der Waals surface area contributed by atoms with Crippen LogP contribution >= 0.6 is 0 Å². The molecule has 0 unspecified atom stereocenters. The molecule has 0 aliphatic rings. The lowest BCUT2D eigenvalue weighted by atomic mass is 9.99. The molecule has 1 atom stereocenters. The third-order valence-electron chi connectivity index (χ3n) is 6.99. The predicted molar refractivity (Wildman–Crippen MR) is 155 cm³/mol. The van der Waals surface area contributed by atoms with Crippen LogP contribution < -0.4 is 15.7 Å². The van der Waals surface area contributed by atoms with Gasteiger partial charge in [-0.1, -0.05) is 77.6 Å². The number of benzene rings is 2. The van der Waals surface area contributed by atoms with Crippen molar-refractivity contribution in [3.8, 4) is 16.9 Å². The van der Waals surface area contributed by atoms with Crippen molar-refractivity contribution in [1.82, 2.24) is 0 Å². The van der Waals surface area contributed by atoms with Crippen LogP contribution in [0.4, 0.5) is 10.1 Å². The maximum Gasteiger partial charge on any atom is 0.344 e. The summed E-state index contributed by atoms with van der Waals surface area (Å²) >= 11 is 0. The van der Waals surface area contributed by atoms with Gasteiger partial charge in [0.25, 0.3) is 0 Å². The van der Waals surface area contributed by atoms with E-state index in [1.165, 1.54) is 95.4 Å². The Bertz CT molecular complexity index is 1260. The van der Waals surface area contributed by atoms with Gasteiger partial charge in [-0.25, -0.2) is 14.0 Å². The van der Waals surface area contributed by atoms with E-state index >= 15 is 0 Å². The van der Waals surface area contributed by atoms with Gasteiger partial charge in [0.2, 0.25) is 0 Å². The van der Waals surface area contributed by atoms with Gasteiger partial charge < -0.3 is 19.6 Å². The summed E-state index contributed by atoms with van der Waals surface area (Å²) in [5.41, 5.74) is 1.63. The van der Waals surface area contributed by atoms with Gasteiger partial charge in [-0.2, -0.15) is 0 Å². The molecule has 0 spiro atoms. The van der Waals surface area contributed by atoms with Crippen LogP contribution in [-0.2, 0) is 4.79 Å². The van der Waals surface area contributed by atoms with E-state index in [4.69, 9.17) is 14.3 Å². The molecule has 2 N–H and O–H groups in total. The van der Waals surface area contributed by atoms with E-state index < -0.39 is 17.7 Å². The highest BCUT2D eigenvalue weighted by Gasteiger charge is 2.16. The van der Waals surface area contributed by atoms with Gasteiger partial charge in [0, 0.05) is 40.9 Å². The van der Waals surface area contributed by atoms with Crippen LogP contribution in [0.3, 0.4) is 0 Å². The Morgan fingerprint density at radius 2 is 1.54 bits per heavy atom. The number of carboxylic acids is 1. The quantitative estimate of drug-likeness (QED) is 0.124. The van der Waals surface area contributed by atoms with E-state index in [1.54, 1.807) is 18.2 Å². The highest BCUT2D eigenvalue weighted by molar-refractivity contribution is 5.97. The van der Waals surface area contributed by atoms with Crippen LogP contribution in [-0.4, -0.2) is 23.7 Å². The fourth-order valence-electron chi connectivity index (χ4n) is 4.78. The van der Waals surface area contributed by atoms with Gasteiger partial charge in [-0.15, -0.1) is 0 Å². The van der Waals surface area contributed by atoms with E-state index in [0.29, 0.717) is 28.7 Å². The standard InChI is InChI=1S/C32H42FNO5/c1-3-4-5-6-7-8-9-10-11-12-13-14-19-34-29-20-24(33)15-17-26(29)28-22-31(35)39-30-21-25(16-18-27(28)30)38-23(2)32(36)37/h15-18,20-23,34H,3-14,19H2,1-2H3,(H,36,37)/t23-/m1/s1. The molecule has 3 aromatic rings. The zero-order valence-electron chi connectivity index (χ0n) is 23.3. The van der Waals surface area contributed by atoms with Crippen molar-refractivity contribution in [3.05, 3.63) is 58.7 Å². The lowest BCUT2D eigenvalue weighted by Crippen LogP contribution is -2.22. The summed E-state index contributed by atoms with van der Waals surface area (Å²) in [6.45, 7) is 4.38. The van der Waals surface area contributed by atoms with E-state index in [0.717, 1.165) is 12.8 Å². The molecule has 0 fully saturated rings. The summed E-state index contributed by atoms with van der Waals surface area (Å²) in [5.74, 6) is -1.18. The number of hydrogen-bond donors (Lipinski definition) is 2. The largest absolute Gasteiger partial charge is 0.479 e. The summed E-state index contributed by atoms with van der Waals surface area (Å²) in [5, 5.41) is 13.1. The number of anilines is 1. The predicted octanol–water partition coefficient (Wildman–Crippen LogP) is 8.56. The minimum atomic E-state index is -1.10. The van der Waals surface area contributed by atoms with Crippen molar-refractivity contribution in [1.29, 1.82) is 0 Å². The number of fused-ring (bicyclic) bond motifs is 1. The molecule has 212 valence electrons. The average Bonchev–Trinajstić information content (AvgIpc) is 2.90. The number of ether oxygens (including phenoxy) is 1. The number of aliphatic carboxylic acids is 1. The molecule has 0 saturated carbocycles. The topological polar surface area (TPSA) is 88.8 Å². The Kier molecular flexibility index (Phi) is 12.3. The van der Waals surface area contributed by atoms with Crippen LogP contribution in [0.5, 0.6) is 5.75 Å². The number of carboxylic acid groups (broad SMARTS) is 1. The molecule has 1 heterocycles. The normalized spacial score (nSPS) is 12.0. The Morgan fingerprint density at radius 1 is 0.897 bits per heavy atom. The fraction of sp³-hybridized carbons (Fsp3) is 0.500. The molecule has 0 radical (unpaired) electrons. The van der Waals surface area contributed by atoms with Crippen LogP contribution in [0.15, 0.2) is 51.7 Å². The number of unbranched alkanes of at least 4 members (excludes halogenated alkanes) is 11. The van der Waals surface area contributed by atoms with Crippen molar-refractivity contribution in [2.24, 2.45) is 0 Å². The smallest absolute Gasteiger partial charge is 0.344 e. The average molecular weight is 540 g/mol. The number of rotatable bonds is 18. The molecule has 0 aliphatic heterocycles.